The van der Waals surface area contributed by atoms with Gasteiger partial charge >= 0.3 is 6.03 Å². The maximum Gasteiger partial charge on any atom is 0.317 e. The first-order chi connectivity index (χ1) is 10.8. The summed E-state index contributed by atoms with van der Waals surface area (Å²) in [5, 5.41) is 4.68. The van der Waals surface area contributed by atoms with Crippen molar-refractivity contribution < 1.29 is 13.2 Å². The molecule has 23 heavy (non-hydrogen) atoms. The molecule has 0 bridgehead atoms. The van der Waals surface area contributed by atoms with Crippen LogP contribution in [-0.4, -0.2) is 37.6 Å². The number of carbonyl (C=O) groups is 1. The predicted octanol–water partition coefficient (Wildman–Crippen LogP) is 1.86. The standard InChI is InChI=1S/C14H18N4O3S2/c1-18(8-13-9-22-10-16-13)14(19)15-7-11-4-3-5-12(6-11)17-23(2,20)21/h3-6,9-10,17H,7-8H2,1-2H3,(H,15,19). The number of hydrogen-bond acceptors (Lipinski definition) is 5. The average Bonchev–Trinajstić information content (AvgIpc) is 2.96. The predicted molar refractivity (Wildman–Crippen MR) is 90.7 cm³/mol. The molecule has 9 heteroatoms. The highest BCUT2D eigenvalue weighted by molar-refractivity contribution is 7.92. The summed E-state index contributed by atoms with van der Waals surface area (Å²) in [4.78, 5) is 17.7. The van der Waals surface area contributed by atoms with Crippen LogP contribution in [0.3, 0.4) is 0 Å². The van der Waals surface area contributed by atoms with E-state index in [1.807, 2.05) is 11.4 Å². The van der Waals surface area contributed by atoms with Crippen molar-refractivity contribution in [2.45, 2.75) is 13.1 Å². The van der Waals surface area contributed by atoms with Gasteiger partial charge in [-0.1, -0.05) is 12.1 Å². The van der Waals surface area contributed by atoms with Gasteiger partial charge in [0.25, 0.3) is 0 Å². The highest BCUT2D eigenvalue weighted by Gasteiger charge is 2.10. The van der Waals surface area contributed by atoms with Crippen LogP contribution in [0, 0.1) is 0 Å². The number of nitrogens with one attached hydrogen (secondary N) is 2. The molecule has 0 unspecified atom stereocenters. The fourth-order valence-electron chi connectivity index (χ4n) is 1.90. The number of thiazole rings is 1. The first-order valence-electron chi connectivity index (χ1n) is 6.76. The van der Waals surface area contributed by atoms with Gasteiger partial charge in [0.2, 0.25) is 10.0 Å². The minimum absolute atomic E-state index is 0.223. The lowest BCUT2D eigenvalue weighted by atomic mass is 10.2. The van der Waals surface area contributed by atoms with E-state index in [1.165, 1.54) is 16.2 Å². The number of carbonyl (C=O) groups excluding carboxylic acids is 1. The largest absolute Gasteiger partial charge is 0.334 e. The van der Waals surface area contributed by atoms with E-state index >= 15 is 0 Å². The smallest absolute Gasteiger partial charge is 0.317 e. The molecule has 1 aromatic carbocycles. The molecule has 7 nitrogen and oxygen atoms in total. The Morgan fingerprint density at radius 2 is 2.17 bits per heavy atom. The molecule has 124 valence electrons. The third-order valence-electron chi connectivity index (χ3n) is 2.90. The molecule has 1 aromatic heterocycles. The molecule has 0 saturated carbocycles. The van der Waals surface area contributed by atoms with Crippen LogP contribution in [-0.2, 0) is 23.1 Å². The third kappa shape index (κ3) is 5.87. The fourth-order valence-corrected chi connectivity index (χ4v) is 3.01. The maximum atomic E-state index is 12.0. The average molecular weight is 354 g/mol. The van der Waals surface area contributed by atoms with E-state index < -0.39 is 10.0 Å². The molecule has 2 aromatic rings. The summed E-state index contributed by atoms with van der Waals surface area (Å²) in [7, 11) is -1.63. The Morgan fingerprint density at radius 3 is 2.83 bits per heavy atom. The molecule has 2 amide bonds. The van der Waals surface area contributed by atoms with Crippen LogP contribution in [0.2, 0.25) is 0 Å². The van der Waals surface area contributed by atoms with Gasteiger partial charge in [-0.15, -0.1) is 11.3 Å². The number of hydrogen-bond donors (Lipinski definition) is 2. The molecule has 2 rings (SSSR count). The number of amides is 2. The van der Waals surface area contributed by atoms with Crippen LogP contribution in [0.5, 0.6) is 0 Å². The number of urea groups is 1. The normalized spacial score (nSPS) is 11.0. The second kappa shape index (κ2) is 7.42. The topological polar surface area (TPSA) is 91.4 Å². The van der Waals surface area contributed by atoms with Crippen molar-refractivity contribution in [1.82, 2.24) is 15.2 Å². The number of aromatic nitrogens is 1. The van der Waals surface area contributed by atoms with E-state index in [0.717, 1.165) is 17.5 Å². The highest BCUT2D eigenvalue weighted by atomic mass is 32.2. The first-order valence-corrected chi connectivity index (χ1v) is 9.60. The number of benzene rings is 1. The summed E-state index contributed by atoms with van der Waals surface area (Å²) in [6.45, 7) is 0.741. The molecule has 0 spiro atoms. The van der Waals surface area contributed by atoms with Crippen LogP contribution in [0.1, 0.15) is 11.3 Å². The first kappa shape index (κ1) is 17.2. The fraction of sp³-hybridized carbons (Fsp3) is 0.286. The van der Waals surface area contributed by atoms with E-state index in [4.69, 9.17) is 0 Å². The quantitative estimate of drug-likeness (QED) is 0.828. The van der Waals surface area contributed by atoms with Crippen molar-refractivity contribution in [1.29, 1.82) is 0 Å². The molecule has 0 aliphatic heterocycles. The zero-order valence-corrected chi connectivity index (χ0v) is 14.4. The molecule has 0 aliphatic rings. The number of rotatable bonds is 6. The molecule has 1 heterocycles. The minimum atomic E-state index is -3.32. The SMILES string of the molecule is CN(Cc1cscn1)C(=O)NCc1cccc(NS(C)(=O)=O)c1. The maximum absolute atomic E-state index is 12.0. The monoisotopic (exact) mass is 354 g/mol. The van der Waals surface area contributed by atoms with Gasteiger partial charge in [-0.25, -0.2) is 18.2 Å². The van der Waals surface area contributed by atoms with Gasteiger partial charge in [0.05, 0.1) is 24.0 Å². The van der Waals surface area contributed by atoms with Crippen LogP contribution in [0.4, 0.5) is 10.5 Å². The second-order valence-electron chi connectivity index (χ2n) is 5.07. The van der Waals surface area contributed by atoms with Crippen molar-refractivity contribution in [3.8, 4) is 0 Å². The minimum Gasteiger partial charge on any atom is -0.334 e. The summed E-state index contributed by atoms with van der Waals surface area (Å²) in [6.07, 6.45) is 1.09. The van der Waals surface area contributed by atoms with Crippen molar-refractivity contribution >= 4 is 33.1 Å². The zero-order valence-electron chi connectivity index (χ0n) is 12.8. The van der Waals surface area contributed by atoms with E-state index in [9.17, 15) is 13.2 Å². The van der Waals surface area contributed by atoms with E-state index in [-0.39, 0.29) is 6.03 Å². The van der Waals surface area contributed by atoms with Crippen molar-refractivity contribution in [3.05, 3.63) is 46.4 Å². The Balaban J connectivity index is 1.90. The lowest BCUT2D eigenvalue weighted by molar-refractivity contribution is 0.206. The molecular weight excluding hydrogens is 336 g/mol. The molecule has 0 atom stereocenters. The molecule has 0 saturated heterocycles. The van der Waals surface area contributed by atoms with E-state index in [0.29, 0.717) is 18.8 Å². The Labute approximate surface area is 139 Å². The lowest BCUT2D eigenvalue weighted by Crippen LogP contribution is -2.36. The van der Waals surface area contributed by atoms with E-state index in [1.54, 1.807) is 30.8 Å². The molecular formula is C14H18N4O3S2. The molecule has 0 radical (unpaired) electrons. The van der Waals surface area contributed by atoms with Crippen LogP contribution in [0.25, 0.3) is 0 Å². The molecule has 0 fully saturated rings. The Kier molecular flexibility index (Phi) is 5.56. The van der Waals surface area contributed by atoms with Gasteiger partial charge in [-0.2, -0.15) is 0 Å². The Morgan fingerprint density at radius 1 is 1.39 bits per heavy atom. The summed E-state index contributed by atoms with van der Waals surface area (Å²) >= 11 is 1.48. The number of anilines is 1. The zero-order chi connectivity index (χ0) is 16.9. The van der Waals surface area contributed by atoms with Gasteiger partial charge in [0.1, 0.15) is 0 Å². The van der Waals surface area contributed by atoms with Gasteiger partial charge in [-0.3, -0.25) is 4.72 Å². The highest BCUT2D eigenvalue weighted by Crippen LogP contribution is 2.12. The molecule has 0 aliphatic carbocycles. The van der Waals surface area contributed by atoms with Gasteiger partial charge < -0.3 is 10.2 Å². The summed E-state index contributed by atoms with van der Waals surface area (Å²) in [5.74, 6) is 0. The third-order valence-corrected chi connectivity index (χ3v) is 4.15. The van der Waals surface area contributed by atoms with Gasteiger partial charge in [0, 0.05) is 24.7 Å². The summed E-state index contributed by atoms with van der Waals surface area (Å²) in [5.41, 5.74) is 3.83. The van der Waals surface area contributed by atoms with Crippen molar-refractivity contribution in [2.75, 3.05) is 18.0 Å². The summed E-state index contributed by atoms with van der Waals surface area (Å²) in [6, 6.07) is 6.66. The Hall–Kier alpha value is -2.13. The van der Waals surface area contributed by atoms with E-state index in [2.05, 4.69) is 15.0 Å². The van der Waals surface area contributed by atoms with Crippen LogP contribution < -0.4 is 10.0 Å². The van der Waals surface area contributed by atoms with Gasteiger partial charge in [0.15, 0.2) is 0 Å². The molecule has 2 N–H and O–H groups in total. The lowest BCUT2D eigenvalue weighted by Gasteiger charge is -2.17. The summed E-state index contributed by atoms with van der Waals surface area (Å²) < 4.78 is 24.9. The number of nitrogens with zero attached hydrogens (tertiary/aromatic N) is 2. The second-order valence-corrected chi connectivity index (χ2v) is 7.54. The number of sulfonamides is 1. The van der Waals surface area contributed by atoms with Gasteiger partial charge in [-0.05, 0) is 17.7 Å². The van der Waals surface area contributed by atoms with Crippen LogP contribution in [0.15, 0.2) is 35.2 Å². The Bertz CT molecular complexity index is 760. The van der Waals surface area contributed by atoms with Crippen molar-refractivity contribution in [2.24, 2.45) is 0 Å². The van der Waals surface area contributed by atoms with Crippen molar-refractivity contribution in [3.63, 3.8) is 0 Å². The van der Waals surface area contributed by atoms with Crippen LogP contribution >= 0.6 is 11.3 Å².